The molecule has 1 atom stereocenters. The molecule has 0 bridgehead atoms. The Morgan fingerprint density at radius 2 is 2.18 bits per heavy atom. The van der Waals surface area contributed by atoms with Crippen LogP contribution in [0.5, 0.6) is 0 Å². The van der Waals surface area contributed by atoms with Crippen molar-refractivity contribution in [1.82, 2.24) is 4.90 Å². The summed E-state index contributed by atoms with van der Waals surface area (Å²) in [5, 5.41) is 0. The summed E-state index contributed by atoms with van der Waals surface area (Å²) in [4.78, 5) is 1.97. The van der Waals surface area contributed by atoms with E-state index in [-0.39, 0.29) is 6.10 Å². The summed E-state index contributed by atoms with van der Waals surface area (Å²) in [6.07, 6.45) is 2.91. The zero-order valence-electron chi connectivity index (χ0n) is 10.7. The molecule has 0 rings (SSSR count). The summed E-state index contributed by atoms with van der Waals surface area (Å²) in [6.45, 7) is 11.2. The number of thiol groups is 1. The smallest absolute Gasteiger partial charge is 0.133 e. The molecule has 0 aliphatic carbocycles. The Labute approximate surface area is 116 Å². The van der Waals surface area contributed by atoms with Gasteiger partial charge in [-0.1, -0.05) is 25.2 Å². The highest BCUT2D eigenvalue weighted by molar-refractivity contribution is 8.10. The molecule has 1 unspecified atom stereocenters. The topological polar surface area (TPSA) is 21.7 Å². The van der Waals surface area contributed by atoms with Gasteiger partial charge in [-0.05, 0) is 13.3 Å². The Morgan fingerprint density at radius 3 is 2.65 bits per heavy atom. The van der Waals surface area contributed by atoms with Crippen LogP contribution in [0.2, 0.25) is 0 Å². The Kier molecular flexibility index (Phi) is 11.0. The molecule has 0 fully saturated rings. The highest BCUT2D eigenvalue weighted by Gasteiger charge is 2.13. The molecule has 0 saturated carbocycles. The second kappa shape index (κ2) is 11.0. The lowest BCUT2D eigenvalue weighted by Gasteiger charge is -2.26. The van der Waals surface area contributed by atoms with Crippen LogP contribution < -0.4 is 0 Å². The normalized spacial score (nSPS) is 12.2. The second-order valence-electron chi connectivity index (χ2n) is 3.57. The number of hydrogen-bond donors (Lipinski definition) is 1. The molecular formula is C12H23NO2S2. The van der Waals surface area contributed by atoms with Crippen LogP contribution in [0, 0.1) is 0 Å². The van der Waals surface area contributed by atoms with E-state index in [1.54, 1.807) is 0 Å². The fourth-order valence-corrected chi connectivity index (χ4v) is 1.66. The highest BCUT2D eigenvalue weighted by atomic mass is 32.1. The van der Waals surface area contributed by atoms with E-state index in [9.17, 15) is 0 Å². The maximum atomic E-state index is 5.73. The van der Waals surface area contributed by atoms with Gasteiger partial charge < -0.3 is 14.4 Å². The first kappa shape index (κ1) is 16.9. The van der Waals surface area contributed by atoms with Crippen molar-refractivity contribution in [3.63, 3.8) is 0 Å². The second-order valence-corrected chi connectivity index (χ2v) is 4.69. The van der Waals surface area contributed by atoms with Gasteiger partial charge in [0.25, 0.3) is 0 Å². The van der Waals surface area contributed by atoms with Gasteiger partial charge in [0.2, 0.25) is 0 Å². The molecule has 5 heteroatoms. The van der Waals surface area contributed by atoms with E-state index >= 15 is 0 Å². The minimum Gasteiger partial charge on any atom is -0.379 e. The molecule has 3 nitrogen and oxygen atoms in total. The lowest BCUT2D eigenvalue weighted by atomic mass is 10.2. The van der Waals surface area contributed by atoms with E-state index < -0.39 is 0 Å². The maximum Gasteiger partial charge on any atom is 0.133 e. The van der Waals surface area contributed by atoms with Crippen LogP contribution in [0.25, 0.3) is 0 Å². The van der Waals surface area contributed by atoms with E-state index in [1.165, 1.54) is 0 Å². The maximum absolute atomic E-state index is 5.73. The molecule has 0 amide bonds. The lowest BCUT2D eigenvalue weighted by molar-refractivity contribution is -0.000841. The fourth-order valence-electron chi connectivity index (χ4n) is 1.35. The van der Waals surface area contributed by atoms with Crippen LogP contribution in [-0.2, 0) is 9.47 Å². The fraction of sp³-hybridized carbons (Fsp3) is 0.750. The SMILES string of the molecule is C=CCN(CC(CC)OCCOCC)C(=S)S. The zero-order chi connectivity index (χ0) is 13.1. The molecule has 0 aromatic rings. The number of nitrogens with zero attached hydrogens (tertiary/aromatic N) is 1. The van der Waals surface area contributed by atoms with Crippen LogP contribution in [0.3, 0.4) is 0 Å². The van der Waals surface area contributed by atoms with Crippen LogP contribution in [0.15, 0.2) is 12.7 Å². The van der Waals surface area contributed by atoms with Crippen LogP contribution in [0.1, 0.15) is 20.3 Å². The zero-order valence-corrected chi connectivity index (χ0v) is 12.4. The van der Waals surface area contributed by atoms with Crippen molar-refractivity contribution in [3.8, 4) is 0 Å². The molecule has 0 spiro atoms. The first-order chi connectivity index (χ1) is 8.15. The monoisotopic (exact) mass is 277 g/mol. The van der Waals surface area contributed by atoms with Gasteiger partial charge in [0.05, 0.1) is 19.3 Å². The minimum atomic E-state index is 0.153. The van der Waals surface area contributed by atoms with Gasteiger partial charge >= 0.3 is 0 Å². The molecule has 0 saturated heterocycles. The van der Waals surface area contributed by atoms with Gasteiger partial charge in [-0.25, -0.2) is 0 Å². The predicted octanol–water partition coefficient (Wildman–Crippen LogP) is 2.52. The molecule has 0 heterocycles. The molecule has 0 aromatic heterocycles. The third-order valence-corrected chi connectivity index (χ3v) is 2.83. The van der Waals surface area contributed by atoms with Crippen molar-refractivity contribution in [2.45, 2.75) is 26.4 Å². The standard InChI is InChI=1S/C12H23NO2S2/c1-4-7-13(12(16)17)10-11(5-2)15-9-8-14-6-3/h4,11H,1,5-10H2,2-3H3,(H,16,17). The summed E-state index contributed by atoms with van der Waals surface area (Å²) in [5.74, 6) is 0. The molecule has 0 aliphatic rings. The number of thiocarbonyl (C=S) groups is 1. The van der Waals surface area contributed by atoms with E-state index in [1.807, 2.05) is 17.9 Å². The largest absolute Gasteiger partial charge is 0.379 e. The molecule has 100 valence electrons. The van der Waals surface area contributed by atoms with Crippen molar-refractivity contribution >= 4 is 29.2 Å². The first-order valence-electron chi connectivity index (χ1n) is 5.93. The number of ether oxygens (including phenoxy) is 2. The summed E-state index contributed by atoms with van der Waals surface area (Å²) in [6, 6.07) is 0. The Bertz CT molecular complexity index is 225. The highest BCUT2D eigenvalue weighted by Crippen LogP contribution is 2.05. The van der Waals surface area contributed by atoms with Gasteiger partial charge in [-0.3, -0.25) is 0 Å². The minimum absolute atomic E-state index is 0.153. The van der Waals surface area contributed by atoms with Crippen molar-refractivity contribution in [2.75, 3.05) is 32.9 Å². The van der Waals surface area contributed by atoms with Gasteiger partial charge in [-0.15, -0.1) is 19.2 Å². The number of rotatable bonds is 10. The first-order valence-corrected chi connectivity index (χ1v) is 6.79. The molecule has 0 aromatic carbocycles. The van der Waals surface area contributed by atoms with E-state index in [4.69, 9.17) is 21.7 Å². The molecule has 0 N–H and O–H groups in total. The van der Waals surface area contributed by atoms with Gasteiger partial charge in [-0.2, -0.15) is 0 Å². The Morgan fingerprint density at radius 1 is 1.47 bits per heavy atom. The quantitative estimate of drug-likeness (QED) is 0.287. The van der Waals surface area contributed by atoms with Crippen molar-refractivity contribution in [2.24, 2.45) is 0 Å². The molecule has 0 aliphatic heterocycles. The van der Waals surface area contributed by atoms with Crippen LogP contribution >= 0.6 is 24.8 Å². The summed E-state index contributed by atoms with van der Waals surface area (Å²) < 4.78 is 11.5. The summed E-state index contributed by atoms with van der Waals surface area (Å²) in [7, 11) is 0. The molecule has 17 heavy (non-hydrogen) atoms. The molecule has 0 radical (unpaired) electrons. The van der Waals surface area contributed by atoms with E-state index in [2.05, 4.69) is 26.1 Å². The average molecular weight is 277 g/mol. The Balaban J connectivity index is 3.98. The van der Waals surface area contributed by atoms with Gasteiger partial charge in [0.1, 0.15) is 4.32 Å². The van der Waals surface area contributed by atoms with Crippen LogP contribution in [0.4, 0.5) is 0 Å². The summed E-state index contributed by atoms with van der Waals surface area (Å²) >= 11 is 9.26. The van der Waals surface area contributed by atoms with Crippen molar-refractivity contribution in [3.05, 3.63) is 12.7 Å². The third-order valence-electron chi connectivity index (χ3n) is 2.28. The van der Waals surface area contributed by atoms with E-state index in [0.717, 1.165) is 19.6 Å². The average Bonchev–Trinajstić information content (AvgIpc) is 2.31. The van der Waals surface area contributed by atoms with E-state index in [0.29, 0.717) is 24.1 Å². The molecular weight excluding hydrogens is 254 g/mol. The van der Waals surface area contributed by atoms with Crippen molar-refractivity contribution in [1.29, 1.82) is 0 Å². The summed E-state index contributed by atoms with van der Waals surface area (Å²) in [5.41, 5.74) is 0. The number of hydrogen-bond acceptors (Lipinski definition) is 3. The third kappa shape index (κ3) is 8.60. The van der Waals surface area contributed by atoms with Gasteiger partial charge in [0, 0.05) is 19.7 Å². The van der Waals surface area contributed by atoms with Gasteiger partial charge in [0.15, 0.2) is 0 Å². The predicted molar refractivity (Wildman–Crippen MR) is 79.9 cm³/mol. The Hall–Kier alpha value is -0.100. The lowest BCUT2D eigenvalue weighted by Crippen LogP contribution is -2.36. The van der Waals surface area contributed by atoms with Crippen molar-refractivity contribution < 1.29 is 9.47 Å². The van der Waals surface area contributed by atoms with Crippen LogP contribution in [-0.4, -0.2) is 48.2 Å².